The number of amides is 3. The van der Waals surface area contributed by atoms with E-state index in [1.165, 1.54) is 4.90 Å². The van der Waals surface area contributed by atoms with Crippen LogP contribution in [0.5, 0.6) is 0 Å². The van der Waals surface area contributed by atoms with Crippen molar-refractivity contribution in [2.45, 2.75) is 39.5 Å². The van der Waals surface area contributed by atoms with Gasteiger partial charge in [-0.05, 0) is 12.8 Å². The quantitative estimate of drug-likeness (QED) is 0.694. The minimum Gasteiger partial charge on any atom is -0.356 e. The molecule has 0 saturated carbocycles. The van der Waals surface area contributed by atoms with Gasteiger partial charge >= 0.3 is 0 Å². The van der Waals surface area contributed by atoms with Crippen molar-refractivity contribution >= 4 is 17.7 Å². The Labute approximate surface area is 102 Å². The molecule has 1 saturated heterocycles. The number of rotatable bonds is 6. The Bertz CT molecular complexity index is 315. The minimum atomic E-state index is -0.179. The molecule has 0 radical (unpaired) electrons. The topological polar surface area (TPSA) is 66.5 Å². The largest absolute Gasteiger partial charge is 0.356 e. The highest BCUT2D eigenvalue weighted by Gasteiger charge is 2.36. The van der Waals surface area contributed by atoms with Crippen molar-refractivity contribution in [3.63, 3.8) is 0 Å². The van der Waals surface area contributed by atoms with Gasteiger partial charge in [0.1, 0.15) is 0 Å². The summed E-state index contributed by atoms with van der Waals surface area (Å²) in [5, 5.41) is 2.72. The Morgan fingerprint density at radius 3 is 2.65 bits per heavy atom. The Balaban J connectivity index is 2.39. The lowest BCUT2D eigenvalue weighted by Crippen LogP contribution is -2.35. The maximum Gasteiger partial charge on any atom is 0.232 e. The Morgan fingerprint density at radius 1 is 1.41 bits per heavy atom. The summed E-state index contributed by atoms with van der Waals surface area (Å²) in [6.07, 6.45) is 2.06. The maximum atomic E-state index is 11.7. The van der Waals surface area contributed by atoms with E-state index in [1.54, 1.807) is 0 Å². The Kier molecular flexibility index (Phi) is 5.12. The lowest BCUT2D eigenvalue weighted by Gasteiger charge is -2.14. The number of nitrogens with zero attached hydrogens (tertiary/aromatic N) is 1. The lowest BCUT2D eigenvalue weighted by atomic mass is 10.1. The van der Waals surface area contributed by atoms with Crippen molar-refractivity contribution in [2.75, 3.05) is 13.1 Å². The predicted molar refractivity (Wildman–Crippen MR) is 63.0 cm³/mol. The summed E-state index contributed by atoms with van der Waals surface area (Å²) in [7, 11) is 0. The molecule has 0 aromatic carbocycles. The molecule has 0 aliphatic carbocycles. The van der Waals surface area contributed by atoms with Crippen LogP contribution < -0.4 is 5.32 Å². The van der Waals surface area contributed by atoms with Crippen LogP contribution in [-0.2, 0) is 14.4 Å². The minimum absolute atomic E-state index is 0.104. The van der Waals surface area contributed by atoms with Gasteiger partial charge in [-0.2, -0.15) is 0 Å². The van der Waals surface area contributed by atoms with Crippen LogP contribution in [0.3, 0.4) is 0 Å². The van der Waals surface area contributed by atoms with Gasteiger partial charge in [0, 0.05) is 31.8 Å². The fourth-order valence-electron chi connectivity index (χ4n) is 1.87. The molecule has 5 heteroatoms. The predicted octanol–water partition coefficient (Wildman–Crippen LogP) is 0.688. The molecule has 5 nitrogen and oxygen atoms in total. The fourth-order valence-corrected chi connectivity index (χ4v) is 1.87. The van der Waals surface area contributed by atoms with E-state index in [9.17, 15) is 14.4 Å². The normalized spacial score (nSPS) is 19.9. The number of likely N-dealkylation sites (tertiary alicyclic amines) is 1. The standard InChI is InChI=1S/C12H20N2O3/c1-3-6-13-10(15)5-7-14-11(16)8-9(4-2)12(14)17/h9H,3-8H2,1-2H3,(H,13,15). The molecule has 1 atom stereocenters. The number of hydrogen-bond acceptors (Lipinski definition) is 3. The first-order valence-electron chi connectivity index (χ1n) is 6.21. The molecule has 1 heterocycles. The molecule has 1 rings (SSSR count). The third-order valence-electron chi connectivity index (χ3n) is 2.96. The van der Waals surface area contributed by atoms with Crippen LogP contribution in [0.4, 0.5) is 0 Å². The van der Waals surface area contributed by atoms with Crippen LogP contribution >= 0.6 is 0 Å². The van der Waals surface area contributed by atoms with Crippen LogP contribution in [0.25, 0.3) is 0 Å². The van der Waals surface area contributed by atoms with Gasteiger partial charge in [0.2, 0.25) is 17.7 Å². The zero-order valence-electron chi connectivity index (χ0n) is 10.5. The Hall–Kier alpha value is -1.39. The molecule has 1 N–H and O–H groups in total. The molecule has 96 valence electrons. The molecular formula is C12H20N2O3. The molecule has 17 heavy (non-hydrogen) atoms. The molecule has 0 aromatic heterocycles. The summed E-state index contributed by atoms with van der Waals surface area (Å²) in [6, 6.07) is 0. The zero-order valence-corrected chi connectivity index (χ0v) is 10.5. The van der Waals surface area contributed by atoms with Gasteiger partial charge in [-0.3, -0.25) is 19.3 Å². The second kappa shape index (κ2) is 6.37. The summed E-state index contributed by atoms with van der Waals surface area (Å²) in [4.78, 5) is 35.9. The second-order valence-electron chi connectivity index (χ2n) is 4.29. The van der Waals surface area contributed by atoms with Crippen LogP contribution in [0, 0.1) is 5.92 Å². The first-order valence-corrected chi connectivity index (χ1v) is 6.21. The van der Waals surface area contributed by atoms with Crippen molar-refractivity contribution in [1.82, 2.24) is 10.2 Å². The van der Waals surface area contributed by atoms with Gasteiger partial charge in [-0.25, -0.2) is 0 Å². The van der Waals surface area contributed by atoms with E-state index in [4.69, 9.17) is 0 Å². The van der Waals surface area contributed by atoms with E-state index in [-0.39, 0.29) is 36.6 Å². The number of imide groups is 1. The first-order chi connectivity index (χ1) is 8.10. The fraction of sp³-hybridized carbons (Fsp3) is 0.750. The van der Waals surface area contributed by atoms with Crippen molar-refractivity contribution in [3.8, 4) is 0 Å². The van der Waals surface area contributed by atoms with E-state index in [0.717, 1.165) is 6.42 Å². The van der Waals surface area contributed by atoms with E-state index >= 15 is 0 Å². The van der Waals surface area contributed by atoms with Crippen molar-refractivity contribution < 1.29 is 14.4 Å². The SMILES string of the molecule is CCCNC(=O)CCN1C(=O)CC(CC)C1=O. The number of carbonyl (C=O) groups is 3. The molecule has 3 amide bonds. The van der Waals surface area contributed by atoms with Gasteiger partial charge in [0.05, 0.1) is 0 Å². The van der Waals surface area contributed by atoms with Gasteiger partial charge in [-0.15, -0.1) is 0 Å². The summed E-state index contributed by atoms with van der Waals surface area (Å²) in [5.74, 6) is -0.556. The summed E-state index contributed by atoms with van der Waals surface area (Å²) < 4.78 is 0. The molecule has 1 aliphatic rings. The molecular weight excluding hydrogens is 220 g/mol. The zero-order chi connectivity index (χ0) is 12.8. The molecule has 1 unspecified atom stereocenters. The highest BCUT2D eigenvalue weighted by molar-refractivity contribution is 6.03. The molecule has 1 aliphatic heterocycles. The monoisotopic (exact) mass is 240 g/mol. The van der Waals surface area contributed by atoms with Crippen LogP contribution in [0.1, 0.15) is 39.5 Å². The van der Waals surface area contributed by atoms with Crippen LogP contribution in [-0.4, -0.2) is 35.7 Å². The molecule has 1 fully saturated rings. The van der Waals surface area contributed by atoms with E-state index in [2.05, 4.69) is 5.32 Å². The number of carbonyl (C=O) groups excluding carboxylic acids is 3. The molecule has 0 spiro atoms. The first kappa shape index (κ1) is 13.7. The highest BCUT2D eigenvalue weighted by atomic mass is 16.2. The van der Waals surface area contributed by atoms with Crippen LogP contribution in [0.2, 0.25) is 0 Å². The third kappa shape index (κ3) is 3.54. The van der Waals surface area contributed by atoms with Gasteiger partial charge in [0.15, 0.2) is 0 Å². The van der Waals surface area contributed by atoms with Crippen molar-refractivity contribution in [3.05, 3.63) is 0 Å². The van der Waals surface area contributed by atoms with E-state index in [1.807, 2.05) is 13.8 Å². The molecule has 0 bridgehead atoms. The van der Waals surface area contributed by atoms with Crippen LogP contribution in [0.15, 0.2) is 0 Å². The third-order valence-corrected chi connectivity index (χ3v) is 2.96. The Morgan fingerprint density at radius 2 is 2.12 bits per heavy atom. The van der Waals surface area contributed by atoms with Crippen molar-refractivity contribution in [2.24, 2.45) is 5.92 Å². The smallest absolute Gasteiger partial charge is 0.232 e. The molecule has 0 aromatic rings. The maximum absolute atomic E-state index is 11.7. The van der Waals surface area contributed by atoms with E-state index in [0.29, 0.717) is 19.4 Å². The van der Waals surface area contributed by atoms with Crippen molar-refractivity contribution in [1.29, 1.82) is 0 Å². The average molecular weight is 240 g/mol. The van der Waals surface area contributed by atoms with E-state index < -0.39 is 0 Å². The second-order valence-corrected chi connectivity index (χ2v) is 4.29. The summed E-state index contributed by atoms with van der Waals surface area (Å²) >= 11 is 0. The lowest BCUT2D eigenvalue weighted by molar-refractivity contribution is -0.139. The number of nitrogens with one attached hydrogen (secondary N) is 1. The van der Waals surface area contributed by atoms with Gasteiger partial charge < -0.3 is 5.32 Å². The average Bonchev–Trinajstić information content (AvgIpc) is 2.59. The highest BCUT2D eigenvalue weighted by Crippen LogP contribution is 2.22. The van der Waals surface area contributed by atoms with Gasteiger partial charge in [0.25, 0.3) is 0 Å². The van der Waals surface area contributed by atoms with Gasteiger partial charge in [-0.1, -0.05) is 13.8 Å². The number of hydrogen-bond donors (Lipinski definition) is 1. The summed E-state index contributed by atoms with van der Waals surface area (Å²) in [5.41, 5.74) is 0. The summed E-state index contributed by atoms with van der Waals surface area (Å²) in [6.45, 7) is 4.72.